The van der Waals surface area contributed by atoms with E-state index in [0.717, 1.165) is 20.9 Å². The fraction of sp³-hybridized carbons (Fsp3) is 0.333. The first-order valence-corrected chi connectivity index (χ1v) is 8.52. The average Bonchev–Trinajstić information content (AvgIpc) is 2.85. The highest BCUT2D eigenvalue weighted by molar-refractivity contribution is 14.1. The second kappa shape index (κ2) is 7.11. The lowest BCUT2D eigenvalue weighted by atomic mass is 9.95. The Balaban J connectivity index is 2.46. The first-order valence-electron chi connectivity index (χ1n) is 6.57. The Morgan fingerprint density at radius 3 is 2.57 bits per heavy atom. The molecule has 2 rings (SSSR count). The predicted molar refractivity (Wildman–Crippen MR) is 88.6 cm³/mol. The molecule has 6 heteroatoms. The normalized spacial score (nSPS) is 13.4. The molecule has 0 bridgehead atoms. The summed E-state index contributed by atoms with van der Waals surface area (Å²) in [5.41, 5.74) is 0.599. The maximum atomic E-state index is 13.2. The van der Waals surface area contributed by atoms with Crippen LogP contribution in [0.25, 0.3) is 0 Å². The number of hydrogen-bond donors (Lipinski definition) is 1. The van der Waals surface area contributed by atoms with Crippen LogP contribution >= 0.6 is 33.9 Å². The molecule has 0 aliphatic heterocycles. The molecule has 1 N–H and O–H groups in total. The van der Waals surface area contributed by atoms with Crippen LogP contribution in [0.5, 0.6) is 0 Å². The van der Waals surface area contributed by atoms with Crippen LogP contribution in [0.4, 0.5) is 13.2 Å². The largest absolute Gasteiger partial charge is 0.416 e. The summed E-state index contributed by atoms with van der Waals surface area (Å²) in [6, 6.07) is 7.30. The lowest BCUT2D eigenvalue weighted by molar-refractivity contribution is -0.138. The van der Waals surface area contributed by atoms with Crippen molar-refractivity contribution in [1.82, 2.24) is 5.32 Å². The second-order valence-electron chi connectivity index (χ2n) is 4.66. The molecule has 1 atom stereocenters. The van der Waals surface area contributed by atoms with Crippen molar-refractivity contribution in [3.05, 3.63) is 55.3 Å². The highest BCUT2D eigenvalue weighted by Crippen LogP contribution is 2.37. The van der Waals surface area contributed by atoms with Crippen molar-refractivity contribution in [1.29, 1.82) is 0 Å². The minimum atomic E-state index is -4.34. The van der Waals surface area contributed by atoms with Gasteiger partial charge in [0.25, 0.3) is 0 Å². The van der Waals surface area contributed by atoms with Gasteiger partial charge in [-0.3, -0.25) is 0 Å². The third-order valence-electron chi connectivity index (χ3n) is 3.10. The molecule has 1 unspecified atom stereocenters. The first kappa shape index (κ1) is 16.8. The number of benzene rings is 1. The second-order valence-corrected chi connectivity index (χ2v) is 7.46. The van der Waals surface area contributed by atoms with E-state index in [1.165, 1.54) is 17.4 Å². The van der Waals surface area contributed by atoms with Crippen LogP contribution in [0.15, 0.2) is 35.7 Å². The van der Waals surface area contributed by atoms with Crippen LogP contribution in [-0.4, -0.2) is 6.54 Å². The Labute approximate surface area is 139 Å². The van der Waals surface area contributed by atoms with Crippen molar-refractivity contribution < 1.29 is 13.2 Å². The molecule has 1 heterocycles. The smallest absolute Gasteiger partial charge is 0.306 e. The summed E-state index contributed by atoms with van der Waals surface area (Å²) >= 11 is 3.72. The van der Waals surface area contributed by atoms with Gasteiger partial charge in [-0.1, -0.05) is 25.1 Å². The third-order valence-corrected chi connectivity index (χ3v) is 4.90. The molecule has 114 valence electrons. The van der Waals surface area contributed by atoms with Gasteiger partial charge < -0.3 is 5.32 Å². The van der Waals surface area contributed by atoms with E-state index in [1.807, 2.05) is 18.4 Å². The molecule has 0 saturated carbocycles. The summed E-state index contributed by atoms with van der Waals surface area (Å²) in [6.07, 6.45) is -3.47. The SMILES string of the molecule is CCCNC(c1csc(I)c1)c1ccccc1C(F)(F)F. The Morgan fingerprint density at radius 2 is 2.00 bits per heavy atom. The van der Waals surface area contributed by atoms with E-state index in [-0.39, 0.29) is 5.56 Å². The summed E-state index contributed by atoms with van der Waals surface area (Å²) in [7, 11) is 0. The van der Waals surface area contributed by atoms with Gasteiger partial charge in [-0.15, -0.1) is 11.3 Å². The molecule has 0 spiro atoms. The van der Waals surface area contributed by atoms with Crippen molar-refractivity contribution in [2.24, 2.45) is 0 Å². The molecule has 1 nitrogen and oxygen atoms in total. The van der Waals surface area contributed by atoms with Gasteiger partial charge in [0.15, 0.2) is 0 Å². The van der Waals surface area contributed by atoms with Gasteiger partial charge in [0.2, 0.25) is 0 Å². The van der Waals surface area contributed by atoms with Crippen molar-refractivity contribution in [2.45, 2.75) is 25.6 Å². The zero-order chi connectivity index (χ0) is 15.5. The van der Waals surface area contributed by atoms with Gasteiger partial charge in [-0.05, 0) is 64.2 Å². The van der Waals surface area contributed by atoms with Crippen LogP contribution in [-0.2, 0) is 6.18 Å². The van der Waals surface area contributed by atoms with E-state index < -0.39 is 17.8 Å². The minimum absolute atomic E-state index is 0.285. The van der Waals surface area contributed by atoms with Crippen LogP contribution in [0, 0.1) is 2.88 Å². The molecule has 2 aromatic rings. The van der Waals surface area contributed by atoms with Gasteiger partial charge in [0, 0.05) is 0 Å². The zero-order valence-corrected chi connectivity index (χ0v) is 14.3. The quantitative estimate of drug-likeness (QED) is 0.628. The highest BCUT2D eigenvalue weighted by Gasteiger charge is 2.35. The molecule has 0 saturated heterocycles. The summed E-state index contributed by atoms with van der Waals surface area (Å²) in [6.45, 7) is 2.67. The first-order chi connectivity index (χ1) is 9.93. The zero-order valence-electron chi connectivity index (χ0n) is 11.4. The Bertz CT molecular complexity index is 595. The molecule has 0 aliphatic rings. The molecule has 1 aromatic carbocycles. The lowest BCUT2D eigenvalue weighted by Gasteiger charge is -2.22. The maximum absolute atomic E-state index is 13.2. The number of alkyl halides is 3. The number of halogens is 4. The summed E-state index contributed by atoms with van der Waals surface area (Å²) < 4.78 is 40.7. The fourth-order valence-electron chi connectivity index (χ4n) is 2.18. The van der Waals surface area contributed by atoms with Crippen LogP contribution in [0.1, 0.15) is 36.1 Å². The van der Waals surface area contributed by atoms with Gasteiger partial charge in [0.1, 0.15) is 0 Å². The van der Waals surface area contributed by atoms with E-state index in [2.05, 4.69) is 27.9 Å². The van der Waals surface area contributed by atoms with Crippen LogP contribution in [0.3, 0.4) is 0 Å². The predicted octanol–water partition coefficient (Wildman–Crippen LogP) is 5.46. The number of thiophene rings is 1. The standard InChI is InChI=1S/C15H15F3INS/c1-2-7-20-14(10-8-13(19)21-9-10)11-5-3-4-6-12(11)15(16,17)18/h3-6,8-9,14,20H,2,7H2,1H3. The number of rotatable bonds is 5. The Morgan fingerprint density at radius 1 is 1.29 bits per heavy atom. The van der Waals surface area contributed by atoms with E-state index in [1.54, 1.807) is 12.1 Å². The van der Waals surface area contributed by atoms with E-state index in [9.17, 15) is 13.2 Å². The van der Waals surface area contributed by atoms with E-state index in [0.29, 0.717) is 6.54 Å². The van der Waals surface area contributed by atoms with Crippen LogP contribution < -0.4 is 5.32 Å². The fourth-order valence-corrected chi connectivity index (χ4v) is 3.58. The van der Waals surface area contributed by atoms with Crippen molar-refractivity contribution in [2.75, 3.05) is 6.54 Å². The summed E-state index contributed by atoms with van der Waals surface area (Å²) in [5, 5.41) is 5.15. The molecule has 0 amide bonds. The molecular formula is C15H15F3INS. The molecule has 0 radical (unpaired) electrons. The topological polar surface area (TPSA) is 12.0 Å². The Hall–Kier alpha value is -0.600. The van der Waals surface area contributed by atoms with E-state index in [4.69, 9.17) is 0 Å². The van der Waals surface area contributed by atoms with Crippen molar-refractivity contribution >= 4 is 33.9 Å². The van der Waals surface area contributed by atoms with Gasteiger partial charge in [0.05, 0.1) is 14.5 Å². The Kier molecular flexibility index (Phi) is 5.67. The molecule has 21 heavy (non-hydrogen) atoms. The number of nitrogens with one attached hydrogen (secondary N) is 1. The van der Waals surface area contributed by atoms with E-state index >= 15 is 0 Å². The van der Waals surface area contributed by atoms with Crippen molar-refractivity contribution in [3.8, 4) is 0 Å². The summed E-state index contributed by atoms with van der Waals surface area (Å²) in [4.78, 5) is 0. The lowest BCUT2D eigenvalue weighted by Crippen LogP contribution is -2.25. The maximum Gasteiger partial charge on any atom is 0.416 e. The average molecular weight is 425 g/mol. The highest BCUT2D eigenvalue weighted by atomic mass is 127. The van der Waals surface area contributed by atoms with Crippen molar-refractivity contribution in [3.63, 3.8) is 0 Å². The van der Waals surface area contributed by atoms with Gasteiger partial charge in [-0.2, -0.15) is 13.2 Å². The van der Waals surface area contributed by atoms with Gasteiger partial charge >= 0.3 is 6.18 Å². The molecular weight excluding hydrogens is 410 g/mol. The monoisotopic (exact) mass is 425 g/mol. The summed E-state index contributed by atoms with van der Waals surface area (Å²) in [5.74, 6) is 0. The minimum Gasteiger partial charge on any atom is -0.306 e. The van der Waals surface area contributed by atoms with Gasteiger partial charge in [-0.25, -0.2) is 0 Å². The molecule has 0 aliphatic carbocycles. The molecule has 1 aromatic heterocycles. The van der Waals surface area contributed by atoms with Crippen LogP contribution in [0.2, 0.25) is 0 Å². The number of hydrogen-bond acceptors (Lipinski definition) is 2. The molecule has 0 fully saturated rings. The third kappa shape index (κ3) is 4.20.